The lowest BCUT2D eigenvalue weighted by Gasteiger charge is -2.03. The summed E-state index contributed by atoms with van der Waals surface area (Å²) in [5, 5.41) is 0. The molecule has 3 nitrogen and oxygen atoms in total. The molecule has 0 fully saturated rings. The maximum atomic E-state index is 5.37. The molecule has 1 rings (SSSR count). The molecule has 11 heavy (non-hydrogen) atoms. The largest absolute Gasteiger partial charge is 0.372 e. The third-order valence-electron chi connectivity index (χ3n) is 1.32. The molecule has 0 saturated heterocycles. The van der Waals surface area contributed by atoms with Crippen molar-refractivity contribution >= 4 is 0 Å². The zero-order valence-electron chi connectivity index (χ0n) is 7.24. The molecule has 0 aliphatic rings. The fraction of sp³-hybridized carbons (Fsp3) is 0.625. The molecule has 62 valence electrons. The fourth-order valence-electron chi connectivity index (χ4n) is 0.794. The molecule has 0 atom stereocenters. The highest BCUT2D eigenvalue weighted by Crippen LogP contribution is 1.99. The van der Waals surface area contributed by atoms with Crippen LogP contribution in [0.2, 0.25) is 0 Å². The van der Waals surface area contributed by atoms with Crippen molar-refractivity contribution < 1.29 is 4.74 Å². The average Bonchev–Trinajstić information content (AvgIpc) is 2.31. The van der Waals surface area contributed by atoms with Crippen LogP contribution in [0.1, 0.15) is 19.5 Å². The van der Waals surface area contributed by atoms with Crippen LogP contribution in [-0.4, -0.2) is 15.7 Å². The van der Waals surface area contributed by atoms with E-state index in [0.29, 0.717) is 6.61 Å². The average molecular weight is 154 g/mol. The molecule has 0 saturated carbocycles. The lowest BCUT2D eigenvalue weighted by molar-refractivity contribution is 0.0637. The van der Waals surface area contributed by atoms with Crippen LogP contribution >= 0.6 is 0 Å². The first kappa shape index (κ1) is 8.27. The van der Waals surface area contributed by atoms with Crippen LogP contribution in [0.4, 0.5) is 0 Å². The second-order valence-corrected chi connectivity index (χ2v) is 2.89. The van der Waals surface area contributed by atoms with E-state index in [9.17, 15) is 0 Å². The fourth-order valence-corrected chi connectivity index (χ4v) is 0.794. The van der Waals surface area contributed by atoms with Gasteiger partial charge in [0.15, 0.2) is 0 Å². The quantitative estimate of drug-likeness (QED) is 0.657. The molecule has 0 aliphatic carbocycles. The molecule has 0 spiro atoms. The Morgan fingerprint density at radius 2 is 2.36 bits per heavy atom. The van der Waals surface area contributed by atoms with Gasteiger partial charge < -0.3 is 9.30 Å². The summed E-state index contributed by atoms with van der Waals surface area (Å²) < 4.78 is 7.28. The maximum Gasteiger partial charge on any atom is 0.0947 e. The van der Waals surface area contributed by atoms with Gasteiger partial charge >= 0.3 is 0 Å². The van der Waals surface area contributed by atoms with Crippen LogP contribution in [0, 0.1) is 0 Å². The second kappa shape index (κ2) is 3.53. The van der Waals surface area contributed by atoms with E-state index in [4.69, 9.17) is 4.74 Å². The van der Waals surface area contributed by atoms with Gasteiger partial charge in [0, 0.05) is 13.2 Å². The minimum absolute atomic E-state index is 0.275. The maximum absolute atomic E-state index is 5.37. The van der Waals surface area contributed by atoms with Crippen molar-refractivity contribution in [3.8, 4) is 0 Å². The van der Waals surface area contributed by atoms with Gasteiger partial charge in [-0.3, -0.25) is 0 Å². The summed E-state index contributed by atoms with van der Waals surface area (Å²) in [5.41, 5.74) is 0.987. The smallest absolute Gasteiger partial charge is 0.0947 e. The molecule has 0 radical (unpaired) electrons. The standard InChI is InChI=1S/C8H14N2O/c1-7(2)11-5-8-4-10(3)6-9-8/h4,6-7H,5H2,1-3H3. The van der Waals surface area contributed by atoms with Gasteiger partial charge in [0.2, 0.25) is 0 Å². The van der Waals surface area contributed by atoms with Crippen LogP contribution in [0.5, 0.6) is 0 Å². The molecule has 1 aromatic heterocycles. The van der Waals surface area contributed by atoms with Gasteiger partial charge in [0.1, 0.15) is 0 Å². The normalized spacial score (nSPS) is 10.9. The Morgan fingerprint density at radius 3 is 2.82 bits per heavy atom. The molecular formula is C8H14N2O. The Bertz CT molecular complexity index is 218. The molecule has 0 bridgehead atoms. The highest BCUT2D eigenvalue weighted by molar-refractivity contribution is 4.93. The molecule has 0 N–H and O–H groups in total. The molecular weight excluding hydrogens is 140 g/mol. The Labute approximate surface area is 67.0 Å². The highest BCUT2D eigenvalue weighted by Gasteiger charge is 1.97. The number of hydrogen-bond acceptors (Lipinski definition) is 2. The predicted molar refractivity (Wildman–Crippen MR) is 43.1 cm³/mol. The van der Waals surface area contributed by atoms with Crippen LogP contribution < -0.4 is 0 Å². The number of hydrogen-bond donors (Lipinski definition) is 0. The number of aryl methyl sites for hydroxylation is 1. The summed E-state index contributed by atoms with van der Waals surface area (Å²) in [5.74, 6) is 0. The zero-order chi connectivity index (χ0) is 8.27. The summed E-state index contributed by atoms with van der Waals surface area (Å²) in [6.07, 6.45) is 4.01. The number of nitrogens with zero attached hydrogens (tertiary/aromatic N) is 2. The van der Waals surface area contributed by atoms with E-state index in [2.05, 4.69) is 4.98 Å². The highest BCUT2D eigenvalue weighted by atomic mass is 16.5. The lowest BCUT2D eigenvalue weighted by Crippen LogP contribution is -2.02. The van der Waals surface area contributed by atoms with Gasteiger partial charge in [-0.2, -0.15) is 0 Å². The number of rotatable bonds is 3. The Kier molecular flexibility index (Phi) is 2.65. The zero-order valence-corrected chi connectivity index (χ0v) is 7.24. The summed E-state index contributed by atoms with van der Waals surface area (Å²) in [4.78, 5) is 4.13. The predicted octanol–water partition coefficient (Wildman–Crippen LogP) is 1.35. The van der Waals surface area contributed by atoms with Gasteiger partial charge in [-0.25, -0.2) is 4.98 Å². The van der Waals surface area contributed by atoms with Crippen molar-refractivity contribution in [3.63, 3.8) is 0 Å². The number of imidazole rings is 1. The van der Waals surface area contributed by atoms with Gasteiger partial charge in [0.25, 0.3) is 0 Å². The first-order chi connectivity index (χ1) is 5.18. The Hall–Kier alpha value is -0.830. The van der Waals surface area contributed by atoms with E-state index >= 15 is 0 Å². The number of aromatic nitrogens is 2. The van der Waals surface area contributed by atoms with Crippen LogP contribution in [0.3, 0.4) is 0 Å². The third-order valence-corrected chi connectivity index (χ3v) is 1.32. The summed E-state index contributed by atoms with van der Waals surface area (Å²) in [7, 11) is 1.95. The monoisotopic (exact) mass is 154 g/mol. The van der Waals surface area contributed by atoms with Gasteiger partial charge in [-0.1, -0.05) is 0 Å². The minimum Gasteiger partial charge on any atom is -0.372 e. The van der Waals surface area contributed by atoms with Crippen molar-refractivity contribution in [2.45, 2.75) is 26.6 Å². The minimum atomic E-state index is 0.275. The van der Waals surface area contributed by atoms with E-state index in [0.717, 1.165) is 5.69 Å². The second-order valence-electron chi connectivity index (χ2n) is 2.89. The van der Waals surface area contributed by atoms with Crippen LogP contribution in [0.25, 0.3) is 0 Å². The number of ether oxygens (including phenoxy) is 1. The first-order valence-electron chi connectivity index (χ1n) is 3.77. The Morgan fingerprint density at radius 1 is 1.64 bits per heavy atom. The Balaban J connectivity index is 2.39. The van der Waals surface area contributed by atoms with E-state index < -0.39 is 0 Å². The van der Waals surface area contributed by atoms with Gasteiger partial charge in [-0.15, -0.1) is 0 Å². The van der Waals surface area contributed by atoms with Crippen molar-refractivity contribution in [1.82, 2.24) is 9.55 Å². The third kappa shape index (κ3) is 2.72. The topological polar surface area (TPSA) is 27.1 Å². The van der Waals surface area contributed by atoms with Crippen molar-refractivity contribution in [2.75, 3.05) is 0 Å². The van der Waals surface area contributed by atoms with E-state index in [1.54, 1.807) is 6.33 Å². The molecule has 0 unspecified atom stereocenters. The molecule has 1 aromatic rings. The molecule has 1 heterocycles. The van der Waals surface area contributed by atoms with Crippen molar-refractivity contribution in [1.29, 1.82) is 0 Å². The summed E-state index contributed by atoms with van der Waals surface area (Å²) in [6.45, 7) is 4.64. The van der Waals surface area contributed by atoms with Crippen molar-refractivity contribution in [2.24, 2.45) is 7.05 Å². The van der Waals surface area contributed by atoms with E-state index in [-0.39, 0.29) is 6.10 Å². The van der Waals surface area contributed by atoms with Crippen LogP contribution in [-0.2, 0) is 18.4 Å². The SMILES string of the molecule is CC(C)OCc1cn(C)cn1. The van der Waals surface area contributed by atoms with E-state index in [1.807, 2.05) is 31.7 Å². The molecule has 0 amide bonds. The summed E-state index contributed by atoms with van der Waals surface area (Å²) >= 11 is 0. The first-order valence-corrected chi connectivity index (χ1v) is 3.77. The van der Waals surface area contributed by atoms with Gasteiger partial charge in [-0.05, 0) is 13.8 Å². The molecule has 3 heteroatoms. The van der Waals surface area contributed by atoms with E-state index in [1.165, 1.54) is 0 Å². The molecule has 0 aromatic carbocycles. The van der Waals surface area contributed by atoms with Crippen molar-refractivity contribution in [3.05, 3.63) is 18.2 Å². The molecule has 0 aliphatic heterocycles. The van der Waals surface area contributed by atoms with Gasteiger partial charge in [0.05, 0.1) is 24.7 Å². The summed E-state index contributed by atoms with van der Waals surface area (Å²) in [6, 6.07) is 0. The van der Waals surface area contributed by atoms with Crippen LogP contribution in [0.15, 0.2) is 12.5 Å². The lowest BCUT2D eigenvalue weighted by atomic mass is 10.4.